The molecule has 2 aromatic carbocycles. The van der Waals surface area contributed by atoms with Gasteiger partial charge >= 0.3 is 0 Å². The van der Waals surface area contributed by atoms with Gasteiger partial charge in [0.25, 0.3) is 0 Å². The number of benzene rings is 2. The van der Waals surface area contributed by atoms with Gasteiger partial charge in [0.15, 0.2) is 11.7 Å². The molecule has 0 radical (unpaired) electrons. The minimum Gasteiger partial charge on any atom is -0.507 e. The molecule has 15 heteroatoms. The Labute approximate surface area is 245 Å². The summed E-state index contributed by atoms with van der Waals surface area (Å²) in [7, 11) is 2.68. The summed E-state index contributed by atoms with van der Waals surface area (Å²) in [6.45, 7) is -0.189. The number of aliphatic hydroxyl groups excluding tert-OH is 6. The fourth-order valence-corrected chi connectivity index (χ4v) is 5.46. The molecule has 6 atom stereocenters. The molecule has 2 aliphatic rings. The van der Waals surface area contributed by atoms with Crippen LogP contribution < -0.4 is 20.5 Å². The number of nitrogens with one attached hydrogen (secondary N) is 1. The van der Waals surface area contributed by atoms with E-state index in [-0.39, 0.29) is 58.3 Å². The van der Waals surface area contributed by atoms with Gasteiger partial charge in [0.1, 0.15) is 41.7 Å². The van der Waals surface area contributed by atoms with Crippen LogP contribution in [-0.4, -0.2) is 111 Å². The molecule has 0 unspecified atom stereocenters. The predicted octanol–water partition coefficient (Wildman–Crippen LogP) is -1.89. The van der Waals surface area contributed by atoms with Gasteiger partial charge in [-0.05, 0) is 25.0 Å². The maximum Gasteiger partial charge on any atom is 0.229 e. The average Bonchev–Trinajstić information content (AvgIpc) is 2.98. The number of ether oxygens (including phenoxy) is 3. The van der Waals surface area contributed by atoms with E-state index in [2.05, 4.69) is 10.3 Å². The first-order chi connectivity index (χ1) is 20.4. The highest BCUT2D eigenvalue weighted by atomic mass is 16.7. The number of nitrogens with two attached hydrogens (primary N) is 1. The topological polar surface area (TPSA) is 254 Å². The molecule has 43 heavy (non-hydrogen) atoms. The Hall–Kier alpha value is -3.83. The fourth-order valence-electron chi connectivity index (χ4n) is 5.46. The molecule has 1 fully saturated rings. The lowest BCUT2D eigenvalue weighted by Gasteiger charge is -2.40. The van der Waals surface area contributed by atoms with E-state index in [9.17, 15) is 45.3 Å². The van der Waals surface area contributed by atoms with E-state index in [1.54, 1.807) is 6.92 Å². The van der Waals surface area contributed by atoms with E-state index in [0.717, 1.165) is 0 Å². The zero-order valence-electron chi connectivity index (χ0n) is 23.6. The number of hydrogen-bond donors (Lipinski definition) is 9. The predicted molar refractivity (Wildman–Crippen MR) is 148 cm³/mol. The maximum absolute atomic E-state index is 14.2. The van der Waals surface area contributed by atoms with Gasteiger partial charge in [0.05, 0.1) is 37.5 Å². The normalized spacial score (nSPS) is 24.3. The summed E-state index contributed by atoms with van der Waals surface area (Å²) in [5, 5.41) is 74.7. The number of fused-ring (bicyclic) bond motifs is 2. The molecule has 15 nitrogen and oxygen atoms in total. The van der Waals surface area contributed by atoms with E-state index in [1.807, 2.05) is 0 Å². The van der Waals surface area contributed by atoms with Crippen molar-refractivity contribution in [3.8, 4) is 17.2 Å². The van der Waals surface area contributed by atoms with Crippen molar-refractivity contribution in [3.63, 3.8) is 0 Å². The van der Waals surface area contributed by atoms with Gasteiger partial charge in [-0.1, -0.05) is 0 Å². The van der Waals surface area contributed by atoms with E-state index in [0.29, 0.717) is 5.56 Å². The largest absolute Gasteiger partial charge is 0.507 e. The summed E-state index contributed by atoms with van der Waals surface area (Å²) in [4.78, 5) is 32.0. The van der Waals surface area contributed by atoms with E-state index < -0.39 is 72.8 Å². The quantitative estimate of drug-likeness (QED) is 0.0955. The van der Waals surface area contributed by atoms with Crippen LogP contribution in [0.2, 0.25) is 0 Å². The molecule has 234 valence electrons. The minimum absolute atomic E-state index is 0.00221. The van der Waals surface area contributed by atoms with Gasteiger partial charge in [-0.25, -0.2) is 0 Å². The van der Waals surface area contributed by atoms with Gasteiger partial charge in [-0.15, -0.1) is 0 Å². The van der Waals surface area contributed by atoms with Crippen LogP contribution in [0.5, 0.6) is 17.2 Å². The zero-order valence-corrected chi connectivity index (χ0v) is 23.6. The van der Waals surface area contributed by atoms with Crippen molar-refractivity contribution in [2.24, 2.45) is 10.7 Å². The molecule has 1 heterocycles. The number of aliphatic imine (C=N–C) groups is 1. The van der Waals surface area contributed by atoms with Gasteiger partial charge in [0, 0.05) is 42.0 Å². The number of aromatic hydroxyl groups is 1. The number of aliphatic hydroxyl groups is 6. The van der Waals surface area contributed by atoms with Crippen molar-refractivity contribution in [2.45, 2.75) is 56.7 Å². The second kappa shape index (κ2) is 12.8. The lowest BCUT2D eigenvalue weighted by molar-refractivity contribution is -0.277. The van der Waals surface area contributed by atoms with Crippen LogP contribution in [-0.2, 0) is 11.3 Å². The number of rotatable bonds is 9. The average molecular weight is 606 g/mol. The molecule has 1 saturated heterocycles. The Morgan fingerprint density at radius 3 is 2.33 bits per heavy atom. The van der Waals surface area contributed by atoms with Crippen molar-refractivity contribution in [2.75, 3.05) is 27.4 Å². The molecule has 2 aromatic rings. The van der Waals surface area contributed by atoms with Gasteiger partial charge in [-0.2, -0.15) is 0 Å². The molecule has 0 bridgehead atoms. The molecular formula is C28H35N3O12. The van der Waals surface area contributed by atoms with Crippen molar-refractivity contribution in [1.29, 1.82) is 0 Å². The lowest BCUT2D eigenvalue weighted by atomic mass is 9.78. The number of hydrogen-bond acceptors (Lipinski definition) is 13. The van der Waals surface area contributed by atoms with Crippen molar-refractivity contribution in [1.82, 2.24) is 5.32 Å². The monoisotopic (exact) mass is 605 g/mol. The second-order valence-electron chi connectivity index (χ2n) is 10.1. The van der Waals surface area contributed by atoms with E-state index in [1.165, 1.54) is 26.3 Å². The third-order valence-electron chi connectivity index (χ3n) is 7.63. The minimum atomic E-state index is -1.85. The Balaban J connectivity index is 1.92. The number of phenolic OH excluding ortho intramolecular Hbond substituents is 1. The number of guanidine groups is 1. The fraction of sp³-hybridized carbons (Fsp3) is 0.464. The molecule has 10 N–H and O–H groups in total. The Morgan fingerprint density at radius 1 is 1.05 bits per heavy atom. The van der Waals surface area contributed by atoms with Crippen LogP contribution in [0, 0.1) is 6.92 Å². The second-order valence-corrected chi connectivity index (χ2v) is 10.1. The Kier molecular flexibility index (Phi) is 9.56. The Morgan fingerprint density at radius 2 is 1.74 bits per heavy atom. The summed E-state index contributed by atoms with van der Waals surface area (Å²) >= 11 is 0. The van der Waals surface area contributed by atoms with Crippen LogP contribution in [0.25, 0.3) is 0 Å². The van der Waals surface area contributed by atoms with Crippen LogP contribution in [0.1, 0.15) is 61.0 Å². The van der Waals surface area contributed by atoms with Gasteiger partial charge in [0.2, 0.25) is 12.1 Å². The maximum atomic E-state index is 14.2. The highest BCUT2D eigenvalue weighted by molar-refractivity contribution is 6.31. The van der Waals surface area contributed by atoms with Crippen LogP contribution in [0.4, 0.5) is 0 Å². The number of ketones is 2. The van der Waals surface area contributed by atoms with Crippen LogP contribution in [0.15, 0.2) is 17.1 Å². The number of aryl methyl sites for hydroxylation is 1. The van der Waals surface area contributed by atoms with Gasteiger partial charge < -0.3 is 61.0 Å². The smallest absolute Gasteiger partial charge is 0.229 e. The lowest BCUT2D eigenvalue weighted by Crippen LogP contribution is -2.60. The van der Waals surface area contributed by atoms with E-state index >= 15 is 0 Å². The third-order valence-corrected chi connectivity index (χ3v) is 7.63. The zero-order chi connectivity index (χ0) is 31.7. The number of methoxy groups -OCH3 is 1. The van der Waals surface area contributed by atoms with E-state index in [4.69, 9.17) is 19.9 Å². The molecule has 0 saturated carbocycles. The molecule has 0 spiro atoms. The Bertz CT molecular complexity index is 1440. The molecule has 1 aliphatic carbocycles. The van der Waals surface area contributed by atoms with Crippen molar-refractivity contribution < 1.29 is 59.5 Å². The van der Waals surface area contributed by atoms with Crippen molar-refractivity contribution in [3.05, 3.63) is 51.1 Å². The highest BCUT2D eigenvalue weighted by Gasteiger charge is 2.46. The number of carbonyl (C=O) groups is 2. The number of carbonyl (C=O) groups excluding carboxylic acids is 2. The standard InChI is InChI=1S/C28H35N3O12/c1-10-6-11-19(23(37)17(10)13(4-5-32)31-28(29)30-2)24(38)20-15(7-14(41-3)12(8-33)18(20)21(11)35)42-27-26(40)25(39)22(36)16(9-34)43-27/h6-7,13,16,22,25-27,32-34,36-37,39-40H,4-5,8-9H2,1-3H3,(H3,29,30,31)/t13-,16+,22+,25-,26+,27-/m0/s1. The summed E-state index contributed by atoms with van der Waals surface area (Å²) in [5.74, 6) is -2.62. The highest BCUT2D eigenvalue weighted by Crippen LogP contribution is 2.45. The molecule has 0 amide bonds. The first-order valence-corrected chi connectivity index (χ1v) is 13.3. The first-order valence-electron chi connectivity index (χ1n) is 13.3. The molecule has 1 aliphatic heterocycles. The number of nitrogens with zero attached hydrogens (tertiary/aromatic N) is 1. The number of phenols is 1. The third kappa shape index (κ3) is 5.51. The SMILES string of the molecule is CN=C(N)N[C@@H](CCO)c1c(C)cc2c(c1O)C(=O)c1c(O[C@H]3O[C@H](CO)[C@@H](O)[C@H](O)[C@H]3O)cc(OC)c(CO)c1C2=O. The summed E-state index contributed by atoms with van der Waals surface area (Å²) in [6.07, 6.45) is -8.34. The molecule has 4 rings (SSSR count). The van der Waals surface area contributed by atoms with Crippen LogP contribution in [0.3, 0.4) is 0 Å². The van der Waals surface area contributed by atoms with Gasteiger partial charge in [-0.3, -0.25) is 14.6 Å². The van der Waals surface area contributed by atoms with Crippen LogP contribution >= 0.6 is 0 Å². The summed E-state index contributed by atoms with van der Waals surface area (Å²) in [5.41, 5.74) is 5.12. The summed E-state index contributed by atoms with van der Waals surface area (Å²) in [6, 6.07) is 1.76. The first kappa shape index (κ1) is 32.1. The van der Waals surface area contributed by atoms with Crippen molar-refractivity contribution >= 4 is 17.5 Å². The summed E-state index contributed by atoms with van der Waals surface area (Å²) < 4.78 is 16.6. The molecule has 0 aromatic heterocycles. The molecular weight excluding hydrogens is 570 g/mol.